The third kappa shape index (κ3) is 3.39. The lowest BCUT2D eigenvalue weighted by Gasteiger charge is -2.25. The SMILES string of the molecule is CC(=O)Nc1cccc(C2(C(=O)O)N=c3cc(Cl)ccc3=C2C=CC(=O)O)c1. The Kier molecular flexibility index (Phi) is 5.02. The van der Waals surface area contributed by atoms with Gasteiger partial charge in [-0.25, -0.2) is 9.59 Å². The zero-order valence-corrected chi connectivity index (χ0v) is 15.4. The number of carbonyl (C=O) groups is 3. The van der Waals surface area contributed by atoms with E-state index in [1.54, 1.807) is 30.3 Å². The summed E-state index contributed by atoms with van der Waals surface area (Å²) < 4.78 is 0. The minimum absolute atomic E-state index is 0.189. The predicted molar refractivity (Wildman–Crippen MR) is 102 cm³/mol. The molecule has 0 saturated heterocycles. The molecule has 0 fully saturated rings. The van der Waals surface area contributed by atoms with Crippen molar-refractivity contribution in [3.05, 3.63) is 75.8 Å². The number of rotatable bonds is 5. The van der Waals surface area contributed by atoms with Crippen LogP contribution in [0.1, 0.15) is 12.5 Å². The molecule has 142 valence electrons. The number of hydrogen-bond donors (Lipinski definition) is 3. The smallest absolute Gasteiger partial charge is 0.341 e. The molecule has 0 saturated carbocycles. The van der Waals surface area contributed by atoms with Crippen molar-refractivity contribution in [1.82, 2.24) is 0 Å². The molecule has 0 spiro atoms. The predicted octanol–water partition coefficient (Wildman–Crippen LogP) is 1.70. The molecule has 7 nitrogen and oxygen atoms in total. The Hall–Kier alpha value is -3.45. The van der Waals surface area contributed by atoms with Crippen molar-refractivity contribution >= 4 is 40.7 Å². The molecule has 0 aromatic heterocycles. The molecule has 1 aliphatic rings. The maximum absolute atomic E-state index is 12.4. The minimum Gasteiger partial charge on any atom is -0.479 e. The lowest BCUT2D eigenvalue weighted by molar-refractivity contribution is -0.141. The molecule has 0 aliphatic carbocycles. The van der Waals surface area contributed by atoms with Crippen LogP contribution in [0.4, 0.5) is 5.69 Å². The van der Waals surface area contributed by atoms with Crippen LogP contribution in [0.2, 0.25) is 5.02 Å². The number of hydrogen-bond acceptors (Lipinski definition) is 4. The Morgan fingerprint density at radius 2 is 1.89 bits per heavy atom. The third-order valence-electron chi connectivity index (χ3n) is 4.23. The highest BCUT2D eigenvalue weighted by Crippen LogP contribution is 2.38. The molecule has 0 radical (unpaired) electrons. The van der Waals surface area contributed by atoms with Gasteiger partial charge in [-0.2, -0.15) is 0 Å². The molecule has 0 bridgehead atoms. The average molecular weight is 399 g/mol. The van der Waals surface area contributed by atoms with Gasteiger partial charge in [-0.3, -0.25) is 9.79 Å². The van der Waals surface area contributed by atoms with Crippen LogP contribution >= 0.6 is 11.6 Å². The molecule has 1 heterocycles. The molecule has 2 aromatic carbocycles. The molecule has 3 rings (SSSR count). The first-order valence-corrected chi connectivity index (χ1v) is 8.54. The van der Waals surface area contributed by atoms with E-state index < -0.39 is 17.5 Å². The maximum Gasteiger partial charge on any atom is 0.341 e. The van der Waals surface area contributed by atoms with Gasteiger partial charge in [0.15, 0.2) is 0 Å². The van der Waals surface area contributed by atoms with Crippen LogP contribution < -0.4 is 15.9 Å². The summed E-state index contributed by atoms with van der Waals surface area (Å²) in [6, 6.07) is 11.0. The van der Waals surface area contributed by atoms with Gasteiger partial charge < -0.3 is 15.5 Å². The van der Waals surface area contributed by atoms with Crippen molar-refractivity contribution in [2.75, 3.05) is 5.32 Å². The second kappa shape index (κ2) is 7.28. The summed E-state index contributed by atoms with van der Waals surface area (Å²) in [4.78, 5) is 39.3. The van der Waals surface area contributed by atoms with Gasteiger partial charge in [0.1, 0.15) is 0 Å². The van der Waals surface area contributed by atoms with E-state index in [0.29, 0.717) is 21.3 Å². The summed E-state index contributed by atoms with van der Waals surface area (Å²) in [7, 11) is 0. The number of amides is 1. The molecule has 1 atom stereocenters. The van der Waals surface area contributed by atoms with Crippen molar-refractivity contribution in [1.29, 1.82) is 0 Å². The lowest BCUT2D eigenvalue weighted by Crippen LogP contribution is -2.34. The van der Waals surface area contributed by atoms with Gasteiger partial charge in [0.05, 0.1) is 5.36 Å². The first-order chi connectivity index (χ1) is 13.2. The highest BCUT2D eigenvalue weighted by atomic mass is 35.5. The van der Waals surface area contributed by atoms with E-state index in [9.17, 15) is 19.5 Å². The normalized spacial score (nSPS) is 17.9. The monoisotopic (exact) mass is 398 g/mol. The zero-order chi connectivity index (χ0) is 20.5. The van der Waals surface area contributed by atoms with Crippen molar-refractivity contribution in [3.63, 3.8) is 0 Å². The van der Waals surface area contributed by atoms with Gasteiger partial charge in [-0.05, 0) is 35.9 Å². The van der Waals surface area contributed by atoms with Crippen LogP contribution in [-0.2, 0) is 19.9 Å². The van der Waals surface area contributed by atoms with E-state index >= 15 is 0 Å². The standard InChI is InChI=1S/C20H15ClN2O5/c1-11(24)22-14-4-2-3-12(9-14)20(19(27)28)16(7-8-18(25)26)15-6-5-13(21)10-17(15)23-20/h2-10H,1H3,(H,22,24)(H,25,26)(H,27,28). The van der Waals surface area contributed by atoms with E-state index in [2.05, 4.69) is 10.3 Å². The van der Waals surface area contributed by atoms with Crippen LogP contribution in [0.25, 0.3) is 5.57 Å². The van der Waals surface area contributed by atoms with Crippen LogP contribution in [0.15, 0.2) is 59.6 Å². The number of aliphatic carboxylic acids is 2. The van der Waals surface area contributed by atoms with Crippen LogP contribution in [-0.4, -0.2) is 28.1 Å². The summed E-state index contributed by atoms with van der Waals surface area (Å²) in [5, 5.41) is 23.0. The van der Waals surface area contributed by atoms with Gasteiger partial charge in [-0.15, -0.1) is 0 Å². The van der Waals surface area contributed by atoms with E-state index in [-0.39, 0.29) is 17.0 Å². The number of nitrogens with zero attached hydrogens (tertiary/aromatic N) is 1. The molecule has 2 aromatic rings. The maximum atomic E-state index is 12.4. The number of nitrogens with one attached hydrogen (secondary N) is 1. The Morgan fingerprint density at radius 3 is 2.54 bits per heavy atom. The van der Waals surface area contributed by atoms with E-state index in [4.69, 9.17) is 16.7 Å². The van der Waals surface area contributed by atoms with Crippen molar-refractivity contribution in [2.24, 2.45) is 4.99 Å². The number of carboxylic acid groups (broad SMARTS) is 2. The summed E-state index contributed by atoms with van der Waals surface area (Å²) in [6.45, 7) is 1.34. The topological polar surface area (TPSA) is 116 Å². The van der Waals surface area contributed by atoms with Gasteiger partial charge in [0, 0.05) is 34.5 Å². The summed E-state index contributed by atoms with van der Waals surface area (Å²) in [5.74, 6) is -2.82. The molecule has 8 heteroatoms. The molecular weight excluding hydrogens is 384 g/mol. The van der Waals surface area contributed by atoms with Crippen LogP contribution in [0.5, 0.6) is 0 Å². The number of carbonyl (C=O) groups excluding carboxylic acids is 1. The van der Waals surface area contributed by atoms with Gasteiger partial charge >= 0.3 is 11.9 Å². The number of fused-ring (bicyclic) bond motifs is 1. The Bertz CT molecular complexity index is 1160. The van der Waals surface area contributed by atoms with Gasteiger partial charge in [0.2, 0.25) is 11.4 Å². The minimum atomic E-state index is -1.88. The van der Waals surface area contributed by atoms with E-state index in [1.165, 1.54) is 25.1 Å². The molecular formula is C20H15ClN2O5. The number of benzene rings is 2. The van der Waals surface area contributed by atoms with Crippen molar-refractivity contribution in [3.8, 4) is 0 Å². The van der Waals surface area contributed by atoms with Crippen LogP contribution in [0, 0.1) is 0 Å². The van der Waals surface area contributed by atoms with E-state index in [0.717, 1.165) is 6.08 Å². The highest BCUT2D eigenvalue weighted by molar-refractivity contribution is 6.30. The second-order valence-corrected chi connectivity index (χ2v) is 6.57. The van der Waals surface area contributed by atoms with Crippen molar-refractivity contribution < 1.29 is 24.6 Å². The Labute approximate surface area is 164 Å². The fraction of sp³-hybridized carbons (Fsp3) is 0.100. The summed E-state index contributed by atoms with van der Waals surface area (Å²) in [6.07, 6.45) is 2.09. The fourth-order valence-corrected chi connectivity index (χ4v) is 3.32. The highest BCUT2D eigenvalue weighted by Gasteiger charge is 2.46. The number of carboxylic acids is 2. The largest absolute Gasteiger partial charge is 0.479 e. The lowest BCUT2D eigenvalue weighted by atomic mass is 9.82. The number of anilines is 1. The Balaban J connectivity index is 2.34. The molecule has 3 N–H and O–H groups in total. The van der Waals surface area contributed by atoms with Gasteiger partial charge in [0.25, 0.3) is 0 Å². The molecule has 28 heavy (non-hydrogen) atoms. The summed E-state index contributed by atoms with van der Waals surface area (Å²) >= 11 is 6.02. The summed E-state index contributed by atoms with van der Waals surface area (Å²) in [5.41, 5.74) is -1.03. The first kappa shape index (κ1) is 19.3. The molecule has 1 amide bonds. The zero-order valence-electron chi connectivity index (χ0n) is 14.6. The van der Waals surface area contributed by atoms with Crippen LogP contribution in [0.3, 0.4) is 0 Å². The Morgan fingerprint density at radius 1 is 1.14 bits per heavy atom. The third-order valence-corrected chi connectivity index (χ3v) is 4.47. The quantitative estimate of drug-likeness (QED) is 0.663. The van der Waals surface area contributed by atoms with Gasteiger partial charge in [-0.1, -0.05) is 29.8 Å². The average Bonchev–Trinajstić information content (AvgIpc) is 2.94. The number of halogens is 1. The first-order valence-electron chi connectivity index (χ1n) is 8.17. The molecule has 1 unspecified atom stereocenters. The van der Waals surface area contributed by atoms with Crippen molar-refractivity contribution in [2.45, 2.75) is 12.5 Å². The molecule has 1 aliphatic heterocycles. The van der Waals surface area contributed by atoms with E-state index in [1.807, 2.05) is 0 Å². The second-order valence-electron chi connectivity index (χ2n) is 6.14. The fourth-order valence-electron chi connectivity index (χ4n) is 3.16.